The second-order valence-corrected chi connectivity index (χ2v) is 10.4. The molecule has 34 heavy (non-hydrogen) atoms. The molecule has 4 aliphatic rings. The fraction of sp³-hybridized carbons (Fsp3) is 0.600. The summed E-state index contributed by atoms with van der Waals surface area (Å²) in [6.45, 7) is 4.98. The molecule has 2 saturated heterocycles. The molecule has 9 nitrogen and oxygen atoms in total. The zero-order valence-corrected chi connectivity index (χ0v) is 20.2. The predicted molar refractivity (Wildman–Crippen MR) is 133 cm³/mol. The number of hydrogen-bond donors (Lipinski definition) is 1. The van der Waals surface area contributed by atoms with Crippen LogP contribution < -0.4 is 15.1 Å². The van der Waals surface area contributed by atoms with Gasteiger partial charge < -0.3 is 24.9 Å². The molecule has 180 valence electrons. The van der Waals surface area contributed by atoms with E-state index in [2.05, 4.69) is 43.1 Å². The Labute approximate surface area is 201 Å². The first-order valence-electron chi connectivity index (χ1n) is 12.6. The third kappa shape index (κ3) is 3.57. The number of aromatic nitrogens is 3. The zero-order chi connectivity index (χ0) is 23.3. The SMILES string of the molecule is CN1CCN(c2ccc(Nc3ncc4c(n3)N(C3CCCC3)C3(CCN(C)C3=O)C4)nc2)CC1. The van der Waals surface area contributed by atoms with Crippen LogP contribution in [0.4, 0.5) is 23.3 Å². The number of amides is 1. The van der Waals surface area contributed by atoms with Crippen LogP contribution in [0.1, 0.15) is 37.7 Å². The van der Waals surface area contributed by atoms with E-state index in [1.54, 1.807) is 0 Å². The van der Waals surface area contributed by atoms with Gasteiger partial charge in [0.15, 0.2) is 0 Å². The minimum atomic E-state index is -0.484. The maximum Gasteiger partial charge on any atom is 0.248 e. The molecule has 2 aromatic heterocycles. The van der Waals surface area contributed by atoms with Gasteiger partial charge in [0.05, 0.1) is 11.9 Å². The number of likely N-dealkylation sites (N-methyl/N-ethyl adjacent to an activating group) is 2. The lowest BCUT2D eigenvalue weighted by molar-refractivity contribution is -0.131. The van der Waals surface area contributed by atoms with Gasteiger partial charge >= 0.3 is 0 Å². The highest BCUT2D eigenvalue weighted by Crippen LogP contribution is 2.47. The lowest BCUT2D eigenvalue weighted by Gasteiger charge is -2.39. The van der Waals surface area contributed by atoms with Crippen LogP contribution >= 0.6 is 0 Å². The number of piperazine rings is 1. The average Bonchev–Trinajstić information content (AvgIpc) is 3.55. The van der Waals surface area contributed by atoms with Crippen LogP contribution in [0.5, 0.6) is 0 Å². The van der Waals surface area contributed by atoms with Crippen molar-refractivity contribution < 1.29 is 4.79 Å². The Kier molecular flexibility index (Phi) is 5.32. The summed E-state index contributed by atoms with van der Waals surface area (Å²) in [6.07, 6.45) is 10.1. The summed E-state index contributed by atoms with van der Waals surface area (Å²) in [5, 5.41) is 3.30. The third-order valence-corrected chi connectivity index (χ3v) is 8.17. The fourth-order valence-electron chi connectivity index (χ4n) is 6.21. The molecular weight excluding hydrogens is 428 g/mol. The summed E-state index contributed by atoms with van der Waals surface area (Å²) in [6, 6.07) is 4.48. The van der Waals surface area contributed by atoms with Gasteiger partial charge in [-0.2, -0.15) is 4.98 Å². The van der Waals surface area contributed by atoms with Gasteiger partial charge in [-0.1, -0.05) is 12.8 Å². The molecule has 3 aliphatic heterocycles. The summed E-state index contributed by atoms with van der Waals surface area (Å²) >= 11 is 0. The van der Waals surface area contributed by atoms with Crippen LogP contribution in [0.3, 0.4) is 0 Å². The maximum atomic E-state index is 13.3. The topological polar surface area (TPSA) is 80.7 Å². The van der Waals surface area contributed by atoms with Crippen molar-refractivity contribution in [2.75, 3.05) is 61.9 Å². The van der Waals surface area contributed by atoms with Crippen molar-refractivity contribution >= 4 is 29.2 Å². The number of nitrogens with zero attached hydrogens (tertiary/aromatic N) is 7. The summed E-state index contributed by atoms with van der Waals surface area (Å²) in [5.41, 5.74) is 1.74. The number of rotatable bonds is 4. The number of carbonyl (C=O) groups excluding carboxylic acids is 1. The van der Waals surface area contributed by atoms with E-state index < -0.39 is 5.54 Å². The van der Waals surface area contributed by atoms with Crippen LogP contribution in [0, 0.1) is 0 Å². The number of anilines is 4. The quantitative estimate of drug-likeness (QED) is 0.741. The van der Waals surface area contributed by atoms with Crippen molar-refractivity contribution in [3.63, 3.8) is 0 Å². The Hall–Kier alpha value is -2.94. The summed E-state index contributed by atoms with van der Waals surface area (Å²) < 4.78 is 0. The molecule has 1 N–H and O–H groups in total. The van der Waals surface area contributed by atoms with Crippen LogP contribution in [0.15, 0.2) is 24.5 Å². The van der Waals surface area contributed by atoms with E-state index in [1.807, 2.05) is 30.4 Å². The van der Waals surface area contributed by atoms with Crippen molar-refractivity contribution in [2.24, 2.45) is 0 Å². The van der Waals surface area contributed by atoms with Crippen LogP contribution in [-0.2, 0) is 11.2 Å². The molecule has 1 atom stereocenters. The Morgan fingerprint density at radius 3 is 2.47 bits per heavy atom. The minimum Gasteiger partial charge on any atom is -0.368 e. The van der Waals surface area contributed by atoms with Crippen molar-refractivity contribution in [3.8, 4) is 0 Å². The molecule has 1 spiro atoms. The van der Waals surface area contributed by atoms with E-state index in [0.717, 1.165) is 74.9 Å². The minimum absolute atomic E-state index is 0.230. The number of fused-ring (bicyclic) bond motifs is 1. The van der Waals surface area contributed by atoms with Crippen LogP contribution in [0.25, 0.3) is 0 Å². The zero-order valence-electron chi connectivity index (χ0n) is 20.2. The molecule has 1 aliphatic carbocycles. The van der Waals surface area contributed by atoms with E-state index in [1.165, 1.54) is 12.8 Å². The monoisotopic (exact) mass is 462 g/mol. The lowest BCUT2D eigenvalue weighted by Crippen LogP contribution is -2.56. The third-order valence-electron chi connectivity index (χ3n) is 8.17. The van der Waals surface area contributed by atoms with E-state index in [4.69, 9.17) is 4.98 Å². The van der Waals surface area contributed by atoms with E-state index in [9.17, 15) is 4.79 Å². The maximum absolute atomic E-state index is 13.3. The van der Waals surface area contributed by atoms with Crippen molar-refractivity contribution in [3.05, 3.63) is 30.1 Å². The summed E-state index contributed by atoms with van der Waals surface area (Å²) in [5.74, 6) is 2.43. The molecule has 1 unspecified atom stereocenters. The predicted octanol–water partition coefficient (Wildman–Crippen LogP) is 2.27. The first kappa shape index (κ1) is 21.6. The van der Waals surface area contributed by atoms with Gasteiger partial charge in [-0.05, 0) is 38.4 Å². The molecule has 9 heteroatoms. The number of likely N-dealkylation sites (tertiary alicyclic amines) is 1. The molecule has 2 aromatic rings. The molecule has 6 rings (SSSR count). The number of carbonyl (C=O) groups is 1. The highest BCUT2D eigenvalue weighted by molar-refractivity contribution is 5.94. The van der Waals surface area contributed by atoms with Crippen LogP contribution in [0.2, 0.25) is 0 Å². The number of pyridine rings is 1. The molecule has 3 fully saturated rings. The molecule has 5 heterocycles. The molecule has 1 saturated carbocycles. The van der Waals surface area contributed by atoms with Crippen LogP contribution in [-0.4, -0.2) is 89.1 Å². The van der Waals surface area contributed by atoms with Crippen molar-refractivity contribution in [1.82, 2.24) is 24.8 Å². The second kappa shape index (κ2) is 8.37. The smallest absolute Gasteiger partial charge is 0.248 e. The fourth-order valence-corrected chi connectivity index (χ4v) is 6.21. The number of hydrogen-bond acceptors (Lipinski definition) is 8. The average molecular weight is 463 g/mol. The normalized spacial score (nSPS) is 25.6. The highest BCUT2D eigenvalue weighted by atomic mass is 16.2. The van der Waals surface area contributed by atoms with Gasteiger partial charge in [0, 0.05) is 64.0 Å². The highest BCUT2D eigenvalue weighted by Gasteiger charge is 2.57. The Morgan fingerprint density at radius 1 is 1.00 bits per heavy atom. The van der Waals surface area contributed by atoms with E-state index in [0.29, 0.717) is 18.4 Å². The second-order valence-electron chi connectivity index (χ2n) is 10.4. The van der Waals surface area contributed by atoms with Gasteiger partial charge in [0.2, 0.25) is 11.9 Å². The Morgan fingerprint density at radius 2 is 1.79 bits per heavy atom. The first-order valence-corrected chi connectivity index (χ1v) is 12.6. The largest absolute Gasteiger partial charge is 0.368 e. The van der Waals surface area contributed by atoms with Crippen molar-refractivity contribution in [2.45, 2.75) is 50.1 Å². The summed E-state index contributed by atoms with van der Waals surface area (Å²) in [7, 11) is 4.08. The molecule has 0 aromatic carbocycles. The van der Waals surface area contributed by atoms with Gasteiger partial charge in [0.25, 0.3) is 0 Å². The Bertz CT molecular complexity index is 1060. The molecule has 0 bridgehead atoms. The van der Waals surface area contributed by atoms with Crippen molar-refractivity contribution in [1.29, 1.82) is 0 Å². The van der Waals surface area contributed by atoms with Gasteiger partial charge in [-0.25, -0.2) is 9.97 Å². The van der Waals surface area contributed by atoms with Gasteiger partial charge in [-0.3, -0.25) is 4.79 Å². The summed E-state index contributed by atoms with van der Waals surface area (Å²) in [4.78, 5) is 36.5. The van der Waals surface area contributed by atoms with Gasteiger partial charge in [0.1, 0.15) is 17.2 Å². The van der Waals surface area contributed by atoms with E-state index >= 15 is 0 Å². The molecule has 0 radical (unpaired) electrons. The van der Waals surface area contributed by atoms with Gasteiger partial charge in [-0.15, -0.1) is 0 Å². The molecule has 1 amide bonds. The van der Waals surface area contributed by atoms with E-state index in [-0.39, 0.29) is 5.91 Å². The standard InChI is InChI=1S/C25H34N8O/c1-30-11-13-32(14-12-30)20-7-8-21(26-17-20)28-24-27-16-18-15-25(9-10-31(2)23(25)34)33(22(18)29-24)19-5-3-4-6-19/h7-8,16-17,19H,3-6,9-15H2,1-2H3,(H,26,27,28,29). The number of nitrogens with one attached hydrogen (secondary N) is 1. The molecular formula is C25H34N8O. The lowest BCUT2D eigenvalue weighted by atomic mass is 9.91. The first-order chi connectivity index (χ1) is 16.5. The Balaban J connectivity index is 1.24.